The molecule has 0 unspecified atom stereocenters. The van der Waals surface area contributed by atoms with Crippen LogP contribution in [0.1, 0.15) is 22.3 Å². The molecule has 0 aliphatic heterocycles. The zero-order valence-corrected chi connectivity index (χ0v) is 12.9. The van der Waals surface area contributed by atoms with Gasteiger partial charge in [-0.2, -0.15) is 5.26 Å². The molecule has 2 aromatic heterocycles. The molecule has 2 nitrogen and oxygen atoms in total. The van der Waals surface area contributed by atoms with Crippen LogP contribution in [0.4, 0.5) is 0 Å². The quantitative estimate of drug-likeness (QED) is 0.653. The number of rotatable bonds is 3. The highest BCUT2D eigenvalue weighted by Gasteiger charge is 2.10. The van der Waals surface area contributed by atoms with E-state index in [0.717, 1.165) is 22.4 Å². The summed E-state index contributed by atoms with van der Waals surface area (Å²) in [5, 5.41) is 9.43. The van der Waals surface area contributed by atoms with E-state index in [1.54, 1.807) is 11.8 Å². The van der Waals surface area contributed by atoms with Crippen molar-refractivity contribution in [2.75, 3.05) is 0 Å². The smallest absolute Gasteiger partial charge is 0.102 e. The Morgan fingerprint density at radius 2 is 2.05 bits per heavy atom. The maximum atomic E-state index is 9.43. The topological polar surface area (TPSA) is 28.2 Å². The van der Waals surface area contributed by atoms with Gasteiger partial charge in [-0.05, 0) is 43.2 Å². The number of hydrogen-bond acceptors (Lipinski definition) is 2. The summed E-state index contributed by atoms with van der Waals surface area (Å²) in [7, 11) is 0. The fourth-order valence-corrected chi connectivity index (χ4v) is 3.53. The third kappa shape index (κ3) is 2.68. The van der Waals surface area contributed by atoms with Crippen LogP contribution in [0.5, 0.6) is 0 Å². The molecule has 0 N–H and O–H groups in total. The fraction of sp³-hybridized carbons (Fsp3) is 0.167. The second-order valence-electron chi connectivity index (χ2n) is 5.19. The standard InChI is InChI=1S/C18H16N2S/c1-13-6-7-14(2)18(9-13)21-12-15-11-20-8-4-3-5-17(20)16(15)10-19/h3-9,11H,12H2,1-2H3. The molecule has 0 saturated carbocycles. The number of nitriles is 1. The van der Waals surface area contributed by atoms with E-state index in [1.807, 2.05) is 28.8 Å². The minimum absolute atomic E-state index is 0.786. The molecule has 0 spiro atoms. The molecule has 21 heavy (non-hydrogen) atoms. The molecule has 0 amide bonds. The summed E-state index contributed by atoms with van der Waals surface area (Å²) < 4.78 is 2.03. The van der Waals surface area contributed by atoms with Gasteiger partial charge in [-0.1, -0.05) is 23.8 Å². The van der Waals surface area contributed by atoms with Crippen molar-refractivity contribution < 1.29 is 0 Å². The van der Waals surface area contributed by atoms with E-state index in [4.69, 9.17) is 0 Å². The number of aromatic nitrogens is 1. The average molecular weight is 292 g/mol. The van der Waals surface area contributed by atoms with Gasteiger partial charge >= 0.3 is 0 Å². The van der Waals surface area contributed by atoms with E-state index in [1.165, 1.54) is 16.0 Å². The Balaban J connectivity index is 1.92. The summed E-state index contributed by atoms with van der Waals surface area (Å²) in [6.07, 6.45) is 4.05. The van der Waals surface area contributed by atoms with E-state index >= 15 is 0 Å². The van der Waals surface area contributed by atoms with Gasteiger partial charge in [-0.15, -0.1) is 11.8 Å². The first-order chi connectivity index (χ1) is 10.2. The van der Waals surface area contributed by atoms with Crippen molar-refractivity contribution in [2.45, 2.75) is 24.5 Å². The summed E-state index contributed by atoms with van der Waals surface area (Å²) >= 11 is 1.79. The lowest BCUT2D eigenvalue weighted by Gasteiger charge is -2.06. The summed E-state index contributed by atoms with van der Waals surface area (Å²) in [6.45, 7) is 4.24. The van der Waals surface area contributed by atoms with Crippen molar-refractivity contribution in [3.63, 3.8) is 0 Å². The van der Waals surface area contributed by atoms with Crippen LogP contribution in [0.3, 0.4) is 0 Å². The monoisotopic (exact) mass is 292 g/mol. The van der Waals surface area contributed by atoms with Gasteiger partial charge < -0.3 is 4.40 Å². The molecular formula is C18H16N2S. The minimum atomic E-state index is 0.786. The molecule has 104 valence electrons. The summed E-state index contributed by atoms with van der Waals surface area (Å²) in [4.78, 5) is 1.29. The average Bonchev–Trinajstić information content (AvgIpc) is 2.85. The molecule has 0 bridgehead atoms. The predicted octanol–water partition coefficient (Wildman–Crippen LogP) is 4.72. The first-order valence-corrected chi connectivity index (χ1v) is 7.86. The van der Waals surface area contributed by atoms with E-state index in [-0.39, 0.29) is 0 Å². The van der Waals surface area contributed by atoms with Crippen molar-refractivity contribution in [1.82, 2.24) is 4.40 Å². The highest BCUT2D eigenvalue weighted by molar-refractivity contribution is 7.98. The van der Waals surface area contributed by atoms with Crippen molar-refractivity contribution in [2.24, 2.45) is 0 Å². The minimum Gasteiger partial charge on any atom is -0.322 e. The maximum absolute atomic E-state index is 9.43. The second-order valence-corrected chi connectivity index (χ2v) is 6.21. The summed E-state index contributed by atoms with van der Waals surface area (Å²) in [6, 6.07) is 14.8. The van der Waals surface area contributed by atoms with Gasteiger partial charge in [0, 0.05) is 23.0 Å². The summed E-state index contributed by atoms with van der Waals surface area (Å²) in [5.74, 6) is 0.814. The van der Waals surface area contributed by atoms with Gasteiger partial charge in [0.1, 0.15) is 6.07 Å². The van der Waals surface area contributed by atoms with Gasteiger partial charge in [-0.3, -0.25) is 0 Å². The molecule has 1 aromatic carbocycles. The lowest BCUT2D eigenvalue weighted by atomic mass is 10.2. The number of benzene rings is 1. The second kappa shape index (κ2) is 5.67. The number of aryl methyl sites for hydroxylation is 2. The zero-order valence-electron chi connectivity index (χ0n) is 12.1. The van der Waals surface area contributed by atoms with Crippen molar-refractivity contribution in [3.05, 3.63) is 71.0 Å². The predicted molar refractivity (Wildman–Crippen MR) is 87.6 cm³/mol. The SMILES string of the molecule is Cc1ccc(C)c(SCc2cn3ccccc3c2C#N)c1. The van der Waals surface area contributed by atoms with Crippen LogP contribution < -0.4 is 0 Å². The Hall–Kier alpha value is -2.18. The lowest BCUT2D eigenvalue weighted by molar-refractivity contribution is 1.18. The van der Waals surface area contributed by atoms with Crippen LogP contribution in [0.25, 0.3) is 5.52 Å². The van der Waals surface area contributed by atoms with Crippen LogP contribution in [-0.2, 0) is 5.75 Å². The summed E-state index contributed by atoms with van der Waals surface area (Å²) in [5.41, 5.74) is 5.41. The van der Waals surface area contributed by atoms with Crippen molar-refractivity contribution in [1.29, 1.82) is 5.26 Å². The molecule has 3 heteroatoms. The maximum Gasteiger partial charge on any atom is 0.102 e. The Morgan fingerprint density at radius 3 is 2.86 bits per heavy atom. The van der Waals surface area contributed by atoms with E-state index in [9.17, 15) is 5.26 Å². The fourth-order valence-electron chi connectivity index (χ4n) is 2.43. The molecule has 0 aliphatic rings. The van der Waals surface area contributed by atoms with Crippen LogP contribution in [0.15, 0.2) is 53.7 Å². The molecular weight excluding hydrogens is 276 g/mol. The molecule has 3 rings (SSSR count). The molecule has 0 atom stereocenters. The highest BCUT2D eigenvalue weighted by atomic mass is 32.2. The van der Waals surface area contributed by atoms with E-state index < -0.39 is 0 Å². The van der Waals surface area contributed by atoms with Crippen LogP contribution >= 0.6 is 11.8 Å². The number of hydrogen-bond donors (Lipinski definition) is 0. The van der Waals surface area contributed by atoms with E-state index in [0.29, 0.717) is 0 Å². The first kappa shape index (κ1) is 13.8. The molecule has 0 radical (unpaired) electrons. The number of nitrogens with zero attached hydrogens (tertiary/aromatic N) is 2. The van der Waals surface area contributed by atoms with E-state index in [2.05, 4.69) is 44.3 Å². The first-order valence-electron chi connectivity index (χ1n) is 6.88. The van der Waals surface area contributed by atoms with Crippen molar-refractivity contribution >= 4 is 17.3 Å². The Kier molecular flexibility index (Phi) is 3.72. The van der Waals surface area contributed by atoms with Crippen molar-refractivity contribution in [3.8, 4) is 6.07 Å². The van der Waals surface area contributed by atoms with Gasteiger partial charge in [0.05, 0.1) is 11.1 Å². The van der Waals surface area contributed by atoms with Crippen LogP contribution in [0.2, 0.25) is 0 Å². The zero-order chi connectivity index (χ0) is 14.8. The molecule has 0 aliphatic carbocycles. The number of fused-ring (bicyclic) bond motifs is 1. The Labute approximate surface area is 129 Å². The molecule has 3 aromatic rings. The van der Waals surface area contributed by atoms with Gasteiger partial charge in [-0.25, -0.2) is 0 Å². The van der Waals surface area contributed by atoms with Crippen LogP contribution in [0, 0.1) is 25.2 Å². The molecule has 0 saturated heterocycles. The number of pyridine rings is 1. The van der Waals surface area contributed by atoms with Gasteiger partial charge in [0.2, 0.25) is 0 Å². The highest BCUT2D eigenvalue weighted by Crippen LogP contribution is 2.29. The lowest BCUT2D eigenvalue weighted by Crippen LogP contribution is -1.85. The molecule has 0 fully saturated rings. The normalized spacial score (nSPS) is 10.7. The third-order valence-electron chi connectivity index (χ3n) is 3.60. The molecule has 2 heterocycles. The Morgan fingerprint density at radius 1 is 1.19 bits per heavy atom. The number of thioether (sulfide) groups is 1. The largest absolute Gasteiger partial charge is 0.322 e. The Bertz CT molecular complexity index is 840. The van der Waals surface area contributed by atoms with Crippen LogP contribution in [-0.4, -0.2) is 4.40 Å². The third-order valence-corrected chi connectivity index (χ3v) is 4.81. The van der Waals surface area contributed by atoms with Gasteiger partial charge in [0.25, 0.3) is 0 Å². The van der Waals surface area contributed by atoms with Gasteiger partial charge in [0.15, 0.2) is 0 Å².